The van der Waals surface area contributed by atoms with Gasteiger partial charge in [0.05, 0.1) is 29.7 Å². The first kappa shape index (κ1) is 31.9. The molecule has 0 radical (unpaired) electrons. The fraction of sp³-hybridized carbons (Fsp3) is 0.900. The van der Waals surface area contributed by atoms with E-state index in [2.05, 4.69) is 32.2 Å². The number of carbonyl (C=O) groups excluding carboxylic acids is 1. The summed E-state index contributed by atoms with van der Waals surface area (Å²) in [6, 6.07) is 0. The van der Waals surface area contributed by atoms with Crippen molar-refractivity contribution in [3.63, 3.8) is 0 Å². The number of nitrogens with one attached hydrogen (secondary N) is 1. The summed E-state index contributed by atoms with van der Waals surface area (Å²) in [6.07, 6.45) is 6.64. The Bertz CT molecular complexity index is 1080. The molecule has 0 aliphatic heterocycles. The molecule has 0 aromatic heterocycles. The molecule has 9 nitrogen and oxygen atoms in total. The van der Waals surface area contributed by atoms with Crippen LogP contribution in [0.2, 0.25) is 0 Å². The second-order valence-electron chi connectivity index (χ2n) is 14.2. The van der Waals surface area contributed by atoms with E-state index in [1.165, 1.54) is 0 Å². The van der Waals surface area contributed by atoms with Gasteiger partial charge in [-0.05, 0) is 79.4 Å². The van der Waals surface area contributed by atoms with E-state index in [1.54, 1.807) is 6.92 Å². The molecule has 0 aromatic carbocycles. The number of aliphatic hydroxyl groups excluding tert-OH is 3. The molecular formula is C30H51NO8S. The van der Waals surface area contributed by atoms with Crippen molar-refractivity contribution in [1.82, 2.24) is 5.32 Å². The van der Waals surface area contributed by atoms with Gasteiger partial charge in [-0.2, -0.15) is 8.42 Å². The van der Waals surface area contributed by atoms with E-state index in [0.29, 0.717) is 25.7 Å². The summed E-state index contributed by atoms with van der Waals surface area (Å²) in [6.45, 7) is 10.1. The van der Waals surface area contributed by atoms with Gasteiger partial charge in [-0.15, -0.1) is 0 Å². The highest BCUT2D eigenvalue weighted by atomic mass is 32.2. The molecule has 1 amide bonds. The summed E-state index contributed by atoms with van der Waals surface area (Å²) in [7, 11) is -4.13. The summed E-state index contributed by atoms with van der Waals surface area (Å²) in [4.78, 5) is 12.5. The molecule has 4 saturated carbocycles. The SMILES string of the molecule is C[C@H](/C=C/[C@H](C)[C@H]1CC(O)C2C3CC(O)C4(O)CC(O)CCC4(C)C3CCC21C)[C@H](C)C(=O)NCCS(=O)(=O)O. The van der Waals surface area contributed by atoms with Gasteiger partial charge in [0.25, 0.3) is 10.1 Å². The number of aliphatic hydroxyl groups is 4. The smallest absolute Gasteiger partial charge is 0.266 e. The number of amides is 1. The predicted octanol–water partition coefficient (Wildman–Crippen LogP) is 2.53. The first-order chi connectivity index (χ1) is 18.4. The predicted molar refractivity (Wildman–Crippen MR) is 152 cm³/mol. The van der Waals surface area contributed by atoms with Crippen LogP contribution in [0.4, 0.5) is 0 Å². The molecule has 6 N–H and O–H groups in total. The fourth-order valence-corrected chi connectivity index (χ4v) is 9.90. The van der Waals surface area contributed by atoms with Crippen molar-refractivity contribution < 1.29 is 38.2 Å². The van der Waals surface area contributed by atoms with Gasteiger partial charge in [0.2, 0.25) is 5.91 Å². The Morgan fingerprint density at radius 1 is 1.05 bits per heavy atom. The Balaban J connectivity index is 1.45. The van der Waals surface area contributed by atoms with Crippen LogP contribution in [0.1, 0.15) is 79.6 Å². The lowest BCUT2D eigenvalue weighted by Gasteiger charge is -2.65. The van der Waals surface area contributed by atoms with E-state index in [1.807, 2.05) is 13.0 Å². The lowest BCUT2D eigenvalue weighted by molar-refractivity contribution is -0.268. The zero-order chi connectivity index (χ0) is 29.8. The zero-order valence-corrected chi connectivity index (χ0v) is 25.5. The molecule has 0 bridgehead atoms. The minimum atomic E-state index is -4.13. The molecule has 9 unspecified atom stereocenters. The molecule has 0 aromatic rings. The van der Waals surface area contributed by atoms with E-state index in [-0.39, 0.29) is 65.7 Å². The minimum Gasteiger partial charge on any atom is -0.393 e. The maximum Gasteiger partial charge on any atom is 0.266 e. The third kappa shape index (κ3) is 5.53. The lowest BCUT2D eigenvalue weighted by atomic mass is 9.42. The number of allylic oxidation sites excluding steroid dienone is 2. The van der Waals surface area contributed by atoms with Crippen LogP contribution in [0.5, 0.6) is 0 Å². The van der Waals surface area contributed by atoms with E-state index >= 15 is 0 Å². The van der Waals surface area contributed by atoms with E-state index < -0.39 is 45.2 Å². The van der Waals surface area contributed by atoms with E-state index in [0.717, 1.165) is 12.8 Å². The van der Waals surface area contributed by atoms with Crippen molar-refractivity contribution in [2.75, 3.05) is 12.3 Å². The molecule has 4 rings (SSSR count). The molecule has 13 atom stereocenters. The van der Waals surface area contributed by atoms with Crippen LogP contribution < -0.4 is 5.32 Å². The molecule has 4 fully saturated rings. The Hall–Kier alpha value is -1.04. The normalized spacial score (nSPS) is 45.7. The summed E-state index contributed by atoms with van der Waals surface area (Å²) in [5.41, 5.74) is -1.91. The maximum absolute atomic E-state index is 12.5. The van der Waals surface area contributed by atoms with Gasteiger partial charge in [0.1, 0.15) is 0 Å². The van der Waals surface area contributed by atoms with Crippen LogP contribution >= 0.6 is 0 Å². The second-order valence-corrected chi connectivity index (χ2v) is 15.8. The van der Waals surface area contributed by atoms with E-state index in [9.17, 15) is 33.6 Å². The van der Waals surface area contributed by atoms with Gasteiger partial charge in [0.15, 0.2) is 0 Å². The molecule has 230 valence electrons. The quantitative estimate of drug-likeness (QED) is 0.187. The zero-order valence-electron chi connectivity index (χ0n) is 24.7. The van der Waals surface area contributed by atoms with Crippen molar-refractivity contribution in [3.05, 3.63) is 12.2 Å². The summed E-state index contributed by atoms with van der Waals surface area (Å²) < 4.78 is 30.7. The second kappa shape index (κ2) is 11.2. The van der Waals surface area contributed by atoms with Gasteiger partial charge >= 0.3 is 0 Å². The first-order valence-electron chi connectivity index (χ1n) is 15.1. The van der Waals surface area contributed by atoms with Crippen molar-refractivity contribution in [2.45, 2.75) is 103 Å². The standard InChI is InChI=1S/C30H51NO8S/c1-17(19(3)27(35)31-12-13-40(37,38)39)6-7-18(2)23-15-24(33)26-21-14-25(34)30(36)16-20(32)8-11-29(30,5)22(21)9-10-28(23,26)4/h6-7,17-26,32-34,36H,8-16H2,1-5H3,(H,31,35)(H,37,38,39)/b7-6+/t17-,18+,19+,20?,21?,22?,23-,24?,25?,26?,28?,29?,30?/m1/s1. The Morgan fingerprint density at radius 2 is 1.73 bits per heavy atom. The molecule has 10 heteroatoms. The summed E-state index contributed by atoms with van der Waals surface area (Å²) in [5.74, 6) is -0.549. The number of hydrogen-bond acceptors (Lipinski definition) is 7. The van der Waals surface area contributed by atoms with Gasteiger partial charge in [-0.3, -0.25) is 9.35 Å². The highest BCUT2D eigenvalue weighted by molar-refractivity contribution is 7.85. The highest BCUT2D eigenvalue weighted by Crippen LogP contribution is 2.69. The fourth-order valence-electron chi connectivity index (χ4n) is 9.54. The average Bonchev–Trinajstić information content (AvgIpc) is 3.13. The monoisotopic (exact) mass is 585 g/mol. The van der Waals surface area contributed by atoms with Crippen molar-refractivity contribution in [2.24, 2.45) is 52.3 Å². The van der Waals surface area contributed by atoms with Gasteiger partial charge in [-0.25, -0.2) is 0 Å². The van der Waals surface area contributed by atoms with Crippen molar-refractivity contribution >= 4 is 16.0 Å². The van der Waals surface area contributed by atoms with Crippen LogP contribution in [0.25, 0.3) is 0 Å². The first-order valence-corrected chi connectivity index (χ1v) is 16.7. The summed E-state index contributed by atoms with van der Waals surface area (Å²) in [5, 5.41) is 47.3. The van der Waals surface area contributed by atoms with Crippen LogP contribution in [0, 0.1) is 52.3 Å². The third-order valence-electron chi connectivity index (χ3n) is 12.1. The molecule has 0 spiro atoms. The largest absolute Gasteiger partial charge is 0.393 e. The van der Waals surface area contributed by atoms with E-state index in [4.69, 9.17) is 4.55 Å². The molecular weight excluding hydrogens is 534 g/mol. The number of fused-ring (bicyclic) bond motifs is 5. The van der Waals surface area contributed by atoms with Crippen molar-refractivity contribution in [1.29, 1.82) is 0 Å². The molecule has 0 heterocycles. The number of carbonyl (C=O) groups is 1. The third-order valence-corrected chi connectivity index (χ3v) is 12.8. The van der Waals surface area contributed by atoms with Crippen LogP contribution in [-0.4, -0.2) is 75.5 Å². The minimum absolute atomic E-state index is 0.0277. The Morgan fingerprint density at radius 3 is 2.38 bits per heavy atom. The number of hydrogen-bond donors (Lipinski definition) is 6. The molecule has 0 saturated heterocycles. The average molecular weight is 586 g/mol. The molecule has 40 heavy (non-hydrogen) atoms. The topological polar surface area (TPSA) is 164 Å². The maximum atomic E-state index is 12.5. The summed E-state index contributed by atoms with van der Waals surface area (Å²) >= 11 is 0. The number of rotatable bonds is 8. The Kier molecular flexibility index (Phi) is 8.95. The molecule has 4 aliphatic carbocycles. The van der Waals surface area contributed by atoms with Gasteiger partial charge in [-0.1, -0.05) is 46.8 Å². The Labute approximate surface area is 239 Å². The van der Waals surface area contributed by atoms with Crippen LogP contribution in [0.3, 0.4) is 0 Å². The molecule has 4 aliphatic rings. The van der Waals surface area contributed by atoms with Gasteiger partial charge in [0, 0.05) is 24.3 Å². The van der Waals surface area contributed by atoms with Gasteiger partial charge < -0.3 is 25.7 Å². The van der Waals surface area contributed by atoms with Crippen LogP contribution in [-0.2, 0) is 14.9 Å². The van der Waals surface area contributed by atoms with Crippen molar-refractivity contribution in [3.8, 4) is 0 Å². The lowest BCUT2D eigenvalue weighted by Crippen LogP contribution is -2.69. The highest BCUT2D eigenvalue weighted by Gasteiger charge is 2.68. The van der Waals surface area contributed by atoms with Crippen LogP contribution in [0.15, 0.2) is 12.2 Å².